The van der Waals surface area contributed by atoms with E-state index in [-0.39, 0.29) is 6.61 Å². The third-order valence-electron chi connectivity index (χ3n) is 5.85. The molecule has 0 heterocycles. The van der Waals surface area contributed by atoms with Gasteiger partial charge in [0.2, 0.25) is 0 Å². The minimum Gasteiger partial charge on any atom is -0.493 e. The first-order chi connectivity index (χ1) is 20.9. The van der Waals surface area contributed by atoms with Crippen LogP contribution in [0.2, 0.25) is 0 Å². The van der Waals surface area contributed by atoms with Gasteiger partial charge in [0.25, 0.3) is 11.8 Å². The maximum Gasteiger partial charge on any atom is 0.271 e. The van der Waals surface area contributed by atoms with Crippen LogP contribution in [-0.2, 0) is 11.4 Å². The number of carbonyl (C=O) groups excluding carboxylic acids is 2. The third-order valence-corrected chi connectivity index (χ3v) is 6.44. The molecule has 4 rings (SSSR count). The fourth-order valence-electron chi connectivity index (χ4n) is 3.82. The van der Waals surface area contributed by atoms with Gasteiger partial charge in [0.15, 0.2) is 29.6 Å². The molecule has 0 aliphatic rings. The quantitative estimate of drug-likeness (QED) is 0.129. The Labute approximate surface area is 256 Å². The second kappa shape index (κ2) is 15.4. The molecule has 0 bridgehead atoms. The van der Waals surface area contributed by atoms with Crippen LogP contribution in [-0.4, -0.2) is 38.4 Å². The molecule has 0 radical (unpaired) electrons. The van der Waals surface area contributed by atoms with Gasteiger partial charge in [-0.05, 0) is 88.6 Å². The fourth-order valence-corrected chi connectivity index (χ4v) is 4.40. The second-order valence-electron chi connectivity index (χ2n) is 8.95. The van der Waals surface area contributed by atoms with E-state index < -0.39 is 17.6 Å². The van der Waals surface area contributed by atoms with E-state index in [4.69, 9.17) is 18.9 Å². The van der Waals surface area contributed by atoms with E-state index in [2.05, 4.69) is 31.8 Å². The number of halogens is 2. The van der Waals surface area contributed by atoms with Gasteiger partial charge < -0.3 is 24.3 Å². The largest absolute Gasteiger partial charge is 0.493 e. The van der Waals surface area contributed by atoms with E-state index in [9.17, 15) is 14.0 Å². The highest BCUT2D eigenvalue weighted by molar-refractivity contribution is 9.10. The molecule has 4 aromatic rings. The first-order valence-electron chi connectivity index (χ1n) is 13.2. The molecule has 0 fully saturated rings. The summed E-state index contributed by atoms with van der Waals surface area (Å²) in [6, 6.07) is 23.4. The molecule has 11 heteroatoms. The van der Waals surface area contributed by atoms with Crippen LogP contribution in [0.4, 0.5) is 10.1 Å². The van der Waals surface area contributed by atoms with Crippen LogP contribution in [0.5, 0.6) is 23.0 Å². The molecule has 2 N–H and O–H groups in total. The average Bonchev–Trinajstić information content (AvgIpc) is 3.01. The number of hydrazone groups is 1. The van der Waals surface area contributed by atoms with Gasteiger partial charge in [0.1, 0.15) is 12.4 Å². The molecule has 0 aliphatic carbocycles. The van der Waals surface area contributed by atoms with Crippen molar-refractivity contribution in [2.24, 2.45) is 5.10 Å². The predicted molar refractivity (Wildman–Crippen MR) is 165 cm³/mol. The summed E-state index contributed by atoms with van der Waals surface area (Å²) in [7, 11) is 1.46. The summed E-state index contributed by atoms with van der Waals surface area (Å²) in [5.74, 6) is 0.339. The van der Waals surface area contributed by atoms with Crippen LogP contribution in [0.3, 0.4) is 0 Å². The van der Waals surface area contributed by atoms with Crippen LogP contribution in [0.25, 0.3) is 0 Å². The normalized spacial score (nSPS) is 10.7. The zero-order valence-corrected chi connectivity index (χ0v) is 25.0. The van der Waals surface area contributed by atoms with Crippen LogP contribution in [0.1, 0.15) is 28.4 Å². The topological polar surface area (TPSA) is 107 Å². The number of rotatable bonds is 13. The molecule has 0 unspecified atom stereocenters. The Kier molecular flexibility index (Phi) is 11.1. The lowest BCUT2D eigenvalue weighted by Crippen LogP contribution is -2.20. The summed E-state index contributed by atoms with van der Waals surface area (Å²) in [5, 5.41) is 6.68. The molecule has 222 valence electrons. The average molecular weight is 651 g/mol. The smallest absolute Gasteiger partial charge is 0.271 e. The SMILES string of the molecule is CCOc1cc(C(=O)N/N=C/c2cc(Br)c(OCC(=O)Nc3ccc(F)cc3)c(OC)c2)ccc1OCc1ccccc1. The summed E-state index contributed by atoms with van der Waals surface area (Å²) in [6.45, 7) is 2.31. The van der Waals surface area contributed by atoms with Gasteiger partial charge in [-0.25, -0.2) is 9.82 Å². The number of amides is 2. The van der Waals surface area contributed by atoms with Crippen molar-refractivity contribution in [3.63, 3.8) is 0 Å². The Hall–Kier alpha value is -4.90. The number of nitrogens with zero attached hydrogens (tertiary/aromatic N) is 1. The zero-order valence-electron chi connectivity index (χ0n) is 23.4. The molecule has 0 saturated carbocycles. The van der Waals surface area contributed by atoms with Crippen molar-refractivity contribution in [2.75, 3.05) is 25.6 Å². The Morgan fingerprint density at radius 1 is 0.907 bits per heavy atom. The minimum atomic E-state index is -0.440. The van der Waals surface area contributed by atoms with E-state index >= 15 is 0 Å². The molecule has 0 aromatic heterocycles. The Balaban J connectivity index is 1.36. The van der Waals surface area contributed by atoms with Crippen molar-refractivity contribution in [1.29, 1.82) is 0 Å². The van der Waals surface area contributed by atoms with E-state index in [1.807, 2.05) is 37.3 Å². The van der Waals surface area contributed by atoms with E-state index in [0.717, 1.165) is 5.56 Å². The summed E-state index contributed by atoms with van der Waals surface area (Å²) < 4.78 is 36.3. The zero-order chi connectivity index (χ0) is 30.6. The molecular formula is C32H29BrFN3O6. The third kappa shape index (κ3) is 9.04. The van der Waals surface area contributed by atoms with Crippen LogP contribution >= 0.6 is 15.9 Å². The summed E-state index contributed by atoms with van der Waals surface area (Å²) in [4.78, 5) is 25.1. The van der Waals surface area contributed by atoms with Crippen molar-refractivity contribution >= 4 is 39.6 Å². The molecule has 0 spiro atoms. The van der Waals surface area contributed by atoms with Crippen molar-refractivity contribution in [3.8, 4) is 23.0 Å². The van der Waals surface area contributed by atoms with Crippen LogP contribution < -0.4 is 29.7 Å². The Morgan fingerprint density at radius 3 is 2.40 bits per heavy atom. The Bertz CT molecular complexity index is 1580. The van der Waals surface area contributed by atoms with Crippen molar-refractivity contribution < 1.29 is 32.9 Å². The number of hydrogen-bond acceptors (Lipinski definition) is 7. The summed E-state index contributed by atoms with van der Waals surface area (Å²) in [6.07, 6.45) is 1.44. The van der Waals surface area contributed by atoms with Crippen molar-refractivity contribution in [3.05, 3.63) is 112 Å². The molecule has 9 nitrogen and oxygen atoms in total. The first-order valence-corrected chi connectivity index (χ1v) is 14.0. The molecule has 43 heavy (non-hydrogen) atoms. The number of nitrogens with one attached hydrogen (secondary N) is 2. The number of benzene rings is 4. The van der Waals surface area contributed by atoms with Gasteiger partial charge in [-0.3, -0.25) is 9.59 Å². The van der Waals surface area contributed by atoms with Crippen molar-refractivity contribution in [1.82, 2.24) is 5.43 Å². The number of methoxy groups -OCH3 is 1. The van der Waals surface area contributed by atoms with E-state index in [0.29, 0.717) is 57.5 Å². The molecule has 0 saturated heterocycles. The van der Waals surface area contributed by atoms with Crippen molar-refractivity contribution in [2.45, 2.75) is 13.5 Å². The number of anilines is 1. The maximum absolute atomic E-state index is 13.1. The minimum absolute atomic E-state index is 0.302. The van der Waals surface area contributed by atoms with Gasteiger partial charge in [-0.2, -0.15) is 5.10 Å². The highest BCUT2D eigenvalue weighted by Crippen LogP contribution is 2.36. The fraction of sp³-hybridized carbons (Fsp3) is 0.156. The van der Waals surface area contributed by atoms with Crippen LogP contribution in [0, 0.1) is 5.82 Å². The standard InChI is InChI=1S/C32H29BrFN3O6/c1-3-41-28-17-23(9-14-27(28)42-19-21-7-5-4-6-8-21)32(39)37-35-18-22-15-26(33)31(29(16-22)40-2)43-20-30(38)36-25-12-10-24(34)11-13-25/h4-18H,3,19-20H2,1-2H3,(H,36,38)(H,37,39)/b35-18+. The lowest BCUT2D eigenvalue weighted by molar-refractivity contribution is -0.118. The van der Waals surface area contributed by atoms with Gasteiger partial charge >= 0.3 is 0 Å². The molecular weight excluding hydrogens is 621 g/mol. The lowest BCUT2D eigenvalue weighted by atomic mass is 10.2. The number of ether oxygens (including phenoxy) is 4. The number of hydrogen-bond donors (Lipinski definition) is 2. The Morgan fingerprint density at radius 2 is 1.67 bits per heavy atom. The summed E-state index contributed by atoms with van der Waals surface area (Å²) in [5.41, 5.74) is 4.89. The van der Waals surface area contributed by atoms with E-state index in [1.165, 1.54) is 37.6 Å². The lowest BCUT2D eigenvalue weighted by Gasteiger charge is -2.14. The molecule has 0 atom stereocenters. The highest BCUT2D eigenvalue weighted by atomic mass is 79.9. The second-order valence-corrected chi connectivity index (χ2v) is 9.80. The summed E-state index contributed by atoms with van der Waals surface area (Å²) >= 11 is 3.43. The number of carbonyl (C=O) groups is 2. The molecule has 4 aromatic carbocycles. The van der Waals surface area contributed by atoms with Gasteiger partial charge in [-0.1, -0.05) is 30.3 Å². The van der Waals surface area contributed by atoms with E-state index in [1.54, 1.807) is 30.3 Å². The van der Waals surface area contributed by atoms with Crippen LogP contribution in [0.15, 0.2) is 94.5 Å². The highest BCUT2D eigenvalue weighted by Gasteiger charge is 2.15. The maximum atomic E-state index is 13.1. The monoisotopic (exact) mass is 649 g/mol. The van der Waals surface area contributed by atoms with Gasteiger partial charge in [0.05, 0.1) is 24.4 Å². The first kappa shape index (κ1) is 31.0. The van der Waals surface area contributed by atoms with Gasteiger partial charge in [-0.15, -0.1) is 0 Å². The molecule has 2 amide bonds. The van der Waals surface area contributed by atoms with Gasteiger partial charge in [0, 0.05) is 11.3 Å². The molecule has 0 aliphatic heterocycles. The predicted octanol–water partition coefficient (Wildman–Crippen LogP) is 6.36.